The summed E-state index contributed by atoms with van der Waals surface area (Å²) < 4.78 is 14.4. The minimum absolute atomic E-state index is 0.0147. The van der Waals surface area contributed by atoms with Crippen LogP contribution < -0.4 is 15.5 Å². The number of likely N-dealkylation sites (tertiary alicyclic amines) is 1. The molecule has 2 aliphatic rings. The van der Waals surface area contributed by atoms with Crippen molar-refractivity contribution in [2.45, 2.75) is 32.7 Å². The van der Waals surface area contributed by atoms with Crippen molar-refractivity contribution < 1.29 is 14.0 Å². The van der Waals surface area contributed by atoms with Crippen molar-refractivity contribution in [1.29, 1.82) is 0 Å². The van der Waals surface area contributed by atoms with Crippen molar-refractivity contribution >= 4 is 46.8 Å². The predicted octanol–water partition coefficient (Wildman–Crippen LogP) is 3.43. The summed E-state index contributed by atoms with van der Waals surface area (Å²) in [5, 5.41) is 13.7. The van der Waals surface area contributed by atoms with Gasteiger partial charge in [0.25, 0.3) is 5.91 Å². The standard InChI is InChI=1S/C26H31ClFN9O2/c1-16-14-22(34-33-16)30-21-15-23(36-12-10-35(11-13-36)17(2)38)32-26(31-21)29-18-6-8-37(9-7-18)25(39)19-4-3-5-20(27)24(19)28/h3-5,14-15,18H,6-13H2,1-2H3,(H3,29,30,31,32,33,34). The number of hydrogen-bond acceptors (Lipinski definition) is 8. The first-order chi connectivity index (χ1) is 18.8. The number of hydrogen-bond donors (Lipinski definition) is 3. The third-order valence-electron chi connectivity index (χ3n) is 7.02. The molecule has 2 aliphatic heterocycles. The predicted molar refractivity (Wildman–Crippen MR) is 147 cm³/mol. The molecule has 0 saturated carbocycles. The number of amides is 2. The molecule has 0 radical (unpaired) electrons. The summed E-state index contributed by atoms with van der Waals surface area (Å²) in [7, 11) is 0. The van der Waals surface area contributed by atoms with Crippen molar-refractivity contribution in [3.05, 3.63) is 52.4 Å². The molecule has 11 nitrogen and oxygen atoms in total. The second-order valence-electron chi connectivity index (χ2n) is 9.80. The molecule has 0 bridgehead atoms. The maximum atomic E-state index is 14.4. The van der Waals surface area contributed by atoms with Crippen LogP contribution in [-0.4, -0.2) is 87.1 Å². The smallest absolute Gasteiger partial charge is 0.256 e. The molecule has 2 amide bonds. The maximum absolute atomic E-state index is 14.4. The SMILES string of the molecule is CC(=O)N1CCN(c2cc(Nc3cc(C)[nH]n3)nc(NC3CCN(C(=O)c4cccc(Cl)c4F)CC3)n2)CC1. The first-order valence-corrected chi connectivity index (χ1v) is 13.3. The van der Waals surface area contributed by atoms with Gasteiger partial charge in [-0.2, -0.15) is 15.1 Å². The van der Waals surface area contributed by atoms with Crippen LogP contribution in [0.3, 0.4) is 0 Å². The molecule has 2 aromatic heterocycles. The van der Waals surface area contributed by atoms with E-state index in [2.05, 4.69) is 30.7 Å². The van der Waals surface area contributed by atoms with E-state index in [-0.39, 0.29) is 28.4 Å². The summed E-state index contributed by atoms with van der Waals surface area (Å²) >= 11 is 5.86. The highest BCUT2D eigenvalue weighted by atomic mass is 35.5. The van der Waals surface area contributed by atoms with Crippen molar-refractivity contribution in [2.24, 2.45) is 0 Å². The van der Waals surface area contributed by atoms with Crippen molar-refractivity contribution in [2.75, 3.05) is 54.8 Å². The number of carbonyl (C=O) groups is 2. The van der Waals surface area contributed by atoms with E-state index in [4.69, 9.17) is 16.6 Å². The average Bonchev–Trinajstić information content (AvgIpc) is 3.34. The van der Waals surface area contributed by atoms with Crippen LogP contribution in [0.15, 0.2) is 30.3 Å². The zero-order chi connectivity index (χ0) is 27.5. The lowest BCUT2D eigenvalue weighted by atomic mass is 10.0. The minimum Gasteiger partial charge on any atom is -0.353 e. The van der Waals surface area contributed by atoms with Gasteiger partial charge in [-0.1, -0.05) is 17.7 Å². The average molecular weight is 556 g/mol. The number of aromatic nitrogens is 4. The van der Waals surface area contributed by atoms with Crippen LogP contribution in [0.1, 0.15) is 35.8 Å². The third-order valence-corrected chi connectivity index (χ3v) is 7.31. The van der Waals surface area contributed by atoms with Crippen molar-refractivity contribution in [3.63, 3.8) is 0 Å². The van der Waals surface area contributed by atoms with Crippen LogP contribution >= 0.6 is 11.6 Å². The number of anilines is 4. The zero-order valence-corrected chi connectivity index (χ0v) is 22.6. The monoisotopic (exact) mass is 555 g/mol. The molecule has 4 heterocycles. The Kier molecular flexibility index (Phi) is 7.82. The Bertz CT molecular complexity index is 1350. The van der Waals surface area contributed by atoms with E-state index in [1.807, 2.05) is 24.0 Å². The Morgan fingerprint density at radius 3 is 2.44 bits per heavy atom. The summed E-state index contributed by atoms with van der Waals surface area (Å²) in [6.07, 6.45) is 1.31. The number of nitrogens with one attached hydrogen (secondary N) is 3. The quantitative estimate of drug-likeness (QED) is 0.423. The van der Waals surface area contributed by atoms with Gasteiger partial charge >= 0.3 is 0 Å². The van der Waals surface area contributed by atoms with E-state index in [1.54, 1.807) is 17.9 Å². The summed E-state index contributed by atoms with van der Waals surface area (Å²) in [4.78, 5) is 39.7. The van der Waals surface area contributed by atoms with Gasteiger partial charge in [0.05, 0.1) is 10.6 Å². The summed E-state index contributed by atoms with van der Waals surface area (Å²) in [6.45, 7) is 7.02. The van der Waals surface area contributed by atoms with E-state index in [0.29, 0.717) is 69.7 Å². The molecule has 0 atom stereocenters. The Morgan fingerprint density at radius 2 is 1.77 bits per heavy atom. The van der Waals surface area contributed by atoms with E-state index in [9.17, 15) is 14.0 Å². The van der Waals surface area contributed by atoms with Crippen LogP contribution in [0, 0.1) is 12.7 Å². The molecule has 13 heteroatoms. The van der Waals surface area contributed by atoms with Gasteiger partial charge in [0.1, 0.15) is 11.6 Å². The second-order valence-corrected chi connectivity index (χ2v) is 10.2. The summed E-state index contributed by atoms with van der Waals surface area (Å²) in [5.74, 6) is 1.45. The summed E-state index contributed by atoms with van der Waals surface area (Å²) in [5.41, 5.74) is 0.906. The van der Waals surface area contributed by atoms with Crippen LogP contribution in [0.5, 0.6) is 0 Å². The molecular weight excluding hydrogens is 525 g/mol. The van der Waals surface area contributed by atoms with Gasteiger partial charge in [-0.15, -0.1) is 0 Å². The number of rotatable bonds is 6. The molecule has 0 aliphatic carbocycles. The Balaban J connectivity index is 1.28. The van der Waals surface area contributed by atoms with E-state index < -0.39 is 5.82 Å². The van der Waals surface area contributed by atoms with Crippen LogP contribution in [-0.2, 0) is 4.79 Å². The normalized spacial score (nSPS) is 16.4. The number of aromatic amines is 1. The fourth-order valence-corrected chi connectivity index (χ4v) is 5.01. The minimum atomic E-state index is -0.689. The highest BCUT2D eigenvalue weighted by Gasteiger charge is 2.27. The Hall–Kier alpha value is -3.93. The molecule has 3 N–H and O–H groups in total. The lowest BCUT2D eigenvalue weighted by Gasteiger charge is -2.35. The van der Waals surface area contributed by atoms with Gasteiger partial charge in [0.2, 0.25) is 11.9 Å². The second kappa shape index (κ2) is 11.4. The number of aryl methyl sites for hydroxylation is 1. The summed E-state index contributed by atoms with van der Waals surface area (Å²) in [6, 6.07) is 8.25. The molecule has 5 rings (SSSR count). The molecule has 0 spiro atoms. The number of H-pyrrole nitrogens is 1. The highest BCUT2D eigenvalue weighted by molar-refractivity contribution is 6.31. The lowest BCUT2D eigenvalue weighted by Crippen LogP contribution is -2.48. The van der Waals surface area contributed by atoms with Crippen LogP contribution in [0.25, 0.3) is 0 Å². The number of halogens is 2. The van der Waals surface area contributed by atoms with Gasteiger partial charge in [-0.3, -0.25) is 14.7 Å². The Morgan fingerprint density at radius 1 is 1.03 bits per heavy atom. The fourth-order valence-electron chi connectivity index (χ4n) is 4.84. The third kappa shape index (κ3) is 6.22. The number of piperidine rings is 1. The van der Waals surface area contributed by atoms with Crippen molar-refractivity contribution in [3.8, 4) is 0 Å². The van der Waals surface area contributed by atoms with Crippen LogP contribution in [0.2, 0.25) is 5.02 Å². The van der Waals surface area contributed by atoms with Gasteiger partial charge in [0, 0.05) is 70.1 Å². The fraction of sp³-hybridized carbons (Fsp3) is 0.423. The van der Waals surface area contributed by atoms with Crippen molar-refractivity contribution in [1.82, 2.24) is 30.0 Å². The maximum Gasteiger partial charge on any atom is 0.256 e. The number of benzene rings is 1. The largest absolute Gasteiger partial charge is 0.353 e. The first kappa shape index (κ1) is 26.7. The molecule has 0 unspecified atom stereocenters. The molecule has 2 fully saturated rings. The van der Waals surface area contributed by atoms with Gasteiger partial charge in [0.15, 0.2) is 11.6 Å². The van der Waals surface area contributed by atoms with Gasteiger partial charge in [-0.05, 0) is 31.9 Å². The molecule has 1 aromatic carbocycles. The molecule has 3 aromatic rings. The van der Waals surface area contributed by atoms with E-state index in [0.717, 1.165) is 11.5 Å². The van der Waals surface area contributed by atoms with E-state index >= 15 is 0 Å². The molecule has 2 saturated heterocycles. The van der Waals surface area contributed by atoms with Crippen LogP contribution in [0.4, 0.5) is 27.8 Å². The molecular formula is C26H31ClFN9O2. The zero-order valence-electron chi connectivity index (χ0n) is 21.9. The highest BCUT2D eigenvalue weighted by Crippen LogP contribution is 2.25. The lowest BCUT2D eigenvalue weighted by molar-refractivity contribution is -0.129. The van der Waals surface area contributed by atoms with Gasteiger partial charge in [-0.25, -0.2) is 4.39 Å². The molecule has 39 heavy (non-hydrogen) atoms. The number of carbonyl (C=O) groups excluding carboxylic acids is 2. The number of piperazine rings is 1. The topological polar surface area (TPSA) is 122 Å². The van der Waals surface area contributed by atoms with E-state index in [1.165, 1.54) is 12.1 Å². The first-order valence-electron chi connectivity index (χ1n) is 12.9. The molecule has 206 valence electrons. The number of nitrogens with zero attached hydrogens (tertiary/aromatic N) is 6. The van der Waals surface area contributed by atoms with Gasteiger partial charge < -0.3 is 25.3 Å². The Labute approximate surface area is 230 Å².